The minimum atomic E-state index is 0.511. The van der Waals surface area contributed by atoms with Crippen LogP contribution in [0.15, 0.2) is 30.9 Å². The van der Waals surface area contributed by atoms with E-state index in [0.717, 1.165) is 25.1 Å². The Bertz CT molecular complexity index is 288. The van der Waals surface area contributed by atoms with Crippen LogP contribution in [0.25, 0.3) is 0 Å². The van der Waals surface area contributed by atoms with Gasteiger partial charge in [-0.25, -0.2) is 4.98 Å². The summed E-state index contributed by atoms with van der Waals surface area (Å²) in [5.74, 6) is 0. The summed E-state index contributed by atoms with van der Waals surface area (Å²) < 4.78 is 5.41. The van der Waals surface area contributed by atoms with Crippen LogP contribution in [-0.2, 0) is 11.3 Å². The van der Waals surface area contributed by atoms with Crippen molar-refractivity contribution in [2.45, 2.75) is 19.4 Å². The van der Waals surface area contributed by atoms with Gasteiger partial charge in [-0.05, 0) is 25.0 Å². The lowest BCUT2D eigenvalue weighted by Gasteiger charge is -2.02. The van der Waals surface area contributed by atoms with E-state index in [9.17, 15) is 0 Å². The van der Waals surface area contributed by atoms with Gasteiger partial charge in [-0.3, -0.25) is 0 Å². The molecule has 1 heterocycles. The van der Waals surface area contributed by atoms with Gasteiger partial charge in [0.05, 0.1) is 12.3 Å². The predicted molar refractivity (Wildman–Crippen MR) is 58.3 cm³/mol. The zero-order valence-electron chi connectivity index (χ0n) is 8.08. The molecule has 0 unspecified atom stereocenters. The van der Waals surface area contributed by atoms with E-state index in [2.05, 4.69) is 11.6 Å². The minimum Gasteiger partial charge on any atom is -0.375 e. The van der Waals surface area contributed by atoms with Gasteiger partial charge in [-0.1, -0.05) is 23.7 Å². The Hall–Kier alpha value is -0.860. The lowest BCUT2D eigenvalue weighted by Crippen LogP contribution is -1.97. The first-order valence-electron chi connectivity index (χ1n) is 4.63. The maximum atomic E-state index is 5.73. The number of halogens is 1. The molecule has 0 fully saturated rings. The number of ether oxygens (including phenoxy) is 1. The van der Waals surface area contributed by atoms with Crippen molar-refractivity contribution < 1.29 is 4.74 Å². The van der Waals surface area contributed by atoms with E-state index in [-0.39, 0.29) is 0 Å². The monoisotopic (exact) mass is 211 g/mol. The number of hydrogen-bond acceptors (Lipinski definition) is 2. The maximum Gasteiger partial charge on any atom is 0.129 e. The Labute approximate surface area is 89.6 Å². The molecule has 0 aliphatic carbocycles. The molecule has 76 valence electrons. The molecule has 0 saturated carbocycles. The van der Waals surface area contributed by atoms with Gasteiger partial charge in [0.15, 0.2) is 0 Å². The number of pyridine rings is 1. The fourth-order valence-corrected chi connectivity index (χ4v) is 1.22. The Morgan fingerprint density at radius 1 is 1.50 bits per heavy atom. The molecule has 14 heavy (non-hydrogen) atoms. The van der Waals surface area contributed by atoms with Gasteiger partial charge in [-0.2, -0.15) is 0 Å². The summed E-state index contributed by atoms with van der Waals surface area (Å²) in [6.45, 7) is 4.90. The molecular weight excluding hydrogens is 198 g/mol. The van der Waals surface area contributed by atoms with Gasteiger partial charge >= 0.3 is 0 Å². The van der Waals surface area contributed by atoms with Crippen LogP contribution in [0.2, 0.25) is 5.15 Å². The summed E-state index contributed by atoms with van der Waals surface area (Å²) in [6, 6.07) is 5.53. The number of aromatic nitrogens is 1. The standard InChI is InChI=1S/C11H14ClNO/c1-2-3-4-8-14-9-10-6-5-7-11(12)13-10/h2,5-7H,1,3-4,8-9H2. The summed E-state index contributed by atoms with van der Waals surface area (Å²) >= 11 is 5.73. The van der Waals surface area contributed by atoms with Crippen LogP contribution < -0.4 is 0 Å². The molecule has 2 nitrogen and oxygen atoms in total. The fourth-order valence-electron chi connectivity index (χ4n) is 1.04. The van der Waals surface area contributed by atoms with E-state index in [1.54, 1.807) is 6.07 Å². The maximum absolute atomic E-state index is 5.73. The Morgan fingerprint density at radius 2 is 2.36 bits per heavy atom. The predicted octanol–water partition coefficient (Wildman–Crippen LogP) is 3.22. The Kier molecular flexibility index (Phi) is 5.27. The van der Waals surface area contributed by atoms with Crippen molar-refractivity contribution in [2.75, 3.05) is 6.61 Å². The molecule has 0 N–H and O–H groups in total. The third kappa shape index (κ3) is 4.40. The van der Waals surface area contributed by atoms with E-state index in [1.807, 2.05) is 18.2 Å². The second-order valence-electron chi connectivity index (χ2n) is 2.94. The first kappa shape index (κ1) is 11.2. The summed E-state index contributed by atoms with van der Waals surface area (Å²) in [5, 5.41) is 0.511. The van der Waals surface area contributed by atoms with E-state index < -0.39 is 0 Å². The fraction of sp³-hybridized carbons (Fsp3) is 0.364. The van der Waals surface area contributed by atoms with Crippen molar-refractivity contribution in [1.29, 1.82) is 0 Å². The number of rotatable bonds is 6. The molecule has 1 aromatic heterocycles. The quantitative estimate of drug-likeness (QED) is 0.410. The molecule has 0 aliphatic heterocycles. The average molecular weight is 212 g/mol. The van der Waals surface area contributed by atoms with Crippen molar-refractivity contribution >= 4 is 11.6 Å². The zero-order chi connectivity index (χ0) is 10.2. The third-order valence-corrected chi connectivity index (χ3v) is 1.93. The highest BCUT2D eigenvalue weighted by atomic mass is 35.5. The normalized spacial score (nSPS) is 10.1. The first-order valence-corrected chi connectivity index (χ1v) is 5.01. The molecular formula is C11H14ClNO. The van der Waals surface area contributed by atoms with Crippen LogP contribution in [0.3, 0.4) is 0 Å². The van der Waals surface area contributed by atoms with E-state index in [0.29, 0.717) is 11.8 Å². The number of hydrogen-bond donors (Lipinski definition) is 0. The van der Waals surface area contributed by atoms with Crippen LogP contribution >= 0.6 is 11.6 Å². The molecule has 0 radical (unpaired) electrons. The lowest BCUT2D eigenvalue weighted by molar-refractivity contribution is 0.116. The second-order valence-corrected chi connectivity index (χ2v) is 3.32. The van der Waals surface area contributed by atoms with Gasteiger partial charge in [0.2, 0.25) is 0 Å². The van der Waals surface area contributed by atoms with Gasteiger partial charge in [0.1, 0.15) is 5.15 Å². The second kappa shape index (κ2) is 6.57. The van der Waals surface area contributed by atoms with Gasteiger partial charge in [0.25, 0.3) is 0 Å². The average Bonchev–Trinajstić information content (AvgIpc) is 2.18. The van der Waals surface area contributed by atoms with Crippen LogP contribution in [0, 0.1) is 0 Å². The lowest BCUT2D eigenvalue weighted by atomic mass is 10.3. The smallest absolute Gasteiger partial charge is 0.129 e. The molecule has 0 spiro atoms. The molecule has 0 bridgehead atoms. The molecule has 1 aromatic rings. The summed E-state index contributed by atoms with van der Waals surface area (Å²) in [4.78, 5) is 4.11. The van der Waals surface area contributed by atoms with Crippen molar-refractivity contribution in [1.82, 2.24) is 4.98 Å². The molecule has 0 aliphatic rings. The third-order valence-electron chi connectivity index (χ3n) is 1.72. The van der Waals surface area contributed by atoms with Crippen molar-refractivity contribution in [3.05, 3.63) is 41.7 Å². The Balaban J connectivity index is 2.21. The van der Waals surface area contributed by atoms with Crippen LogP contribution in [0.4, 0.5) is 0 Å². The van der Waals surface area contributed by atoms with Gasteiger partial charge in [-0.15, -0.1) is 6.58 Å². The molecule has 0 aromatic carbocycles. The molecule has 0 amide bonds. The molecule has 0 saturated heterocycles. The van der Waals surface area contributed by atoms with E-state index >= 15 is 0 Å². The molecule has 0 atom stereocenters. The first-order chi connectivity index (χ1) is 6.83. The van der Waals surface area contributed by atoms with Crippen LogP contribution in [0.1, 0.15) is 18.5 Å². The summed E-state index contributed by atoms with van der Waals surface area (Å²) in [5.41, 5.74) is 0.871. The summed E-state index contributed by atoms with van der Waals surface area (Å²) in [6.07, 6.45) is 3.88. The number of nitrogens with zero attached hydrogens (tertiary/aromatic N) is 1. The van der Waals surface area contributed by atoms with Crippen molar-refractivity contribution in [2.24, 2.45) is 0 Å². The highest BCUT2D eigenvalue weighted by Gasteiger charge is 1.95. The van der Waals surface area contributed by atoms with Gasteiger partial charge < -0.3 is 4.74 Å². The molecule has 3 heteroatoms. The van der Waals surface area contributed by atoms with E-state index in [1.165, 1.54) is 0 Å². The van der Waals surface area contributed by atoms with Crippen molar-refractivity contribution in [3.8, 4) is 0 Å². The number of allylic oxidation sites excluding steroid dienone is 1. The molecule has 1 rings (SSSR count). The number of unbranched alkanes of at least 4 members (excludes halogenated alkanes) is 1. The Morgan fingerprint density at radius 3 is 3.07 bits per heavy atom. The SMILES string of the molecule is C=CCCCOCc1cccc(Cl)n1. The van der Waals surface area contributed by atoms with Gasteiger partial charge in [0, 0.05) is 6.61 Å². The van der Waals surface area contributed by atoms with Crippen molar-refractivity contribution in [3.63, 3.8) is 0 Å². The largest absolute Gasteiger partial charge is 0.375 e. The summed E-state index contributed by atoms with van der Waals surface area (Å²) in [7, 11) is 0. The topological polar surface area (TPSA) is 22.1 Å². The highest BCUT2D eigenvalue weighted by Crippen LogP contribution is 2.06. The van der Waals surface area contributed by atoms with Crippen LogP contribution in [-0.4, -0.2) is 11.6 Å². The highest BCUT2D eigenvalue weighted by molar-refractivity contribution is 6.29. The zero-order valence-corrected chi connectivity index (χ0v) is 8.83. The van der Waals surface area contributed by atoms with Crippen LogP contribution in [0.5, 0.6) is 0 Å². The van der Waals surface area contributed by atoms with E-state index in [4.69, 9.17) is 16.3 Å². The minimum absolute atomic E-state index is 0.511.